The molecule has 0 saturated carbocycles. The molecule has 2 N–H and O–H groups in total. The highest BCUT2D eigenvalue weighted by molar-refractivity contribution is 6.00. The summed E-state index contributed by atoms with van der Waals surface area (Å²) < 4.78 is 10.4. The summed E-state index contributed by atoms with van der Waals surface area (Å²) in [7, 11) is 3.23. The zero-order valence-corrected chi connectivity index (χ0v) is 13.8. The van der Waals surface area contributed by atoms with Crippen LogP contribution in [0.1, 0.15) is 17.3 Å². The van der Waals surface area contributed by atoms with Crippen molar-refractivity contribution in [3.63, 3.8) is 0 Å². The molecular weight excluding hydrogens is 308 g/mol. The lowest BCUT2D eigenvalue weighted by Crippen LogP contribution is -2.30. The van der Waals surface area contributed by atoms with Gasteiger partial charge in [0.05, 0.1) is 18.4 Å². The Kier molecular flexibility index (Phi) is 5.78. The third-order valence-electron chi connectivity index (χ3n) is 3.43. The van der Waals surface area contributed by atoms with E-state index >= 15 is 0 Å². The molecule has 0 fully saturated rings. The van der Waals surface area contributed by atoms with Crippen LogP contribution in [0, 0.1) is 0 Å². The van der Waals surface area contributed by atoms with Gasteiger partial charge in [-0.2, -0.15) is 0 Å². The lowest BCUT2D eigenvalue weighted by molar-refractivity contribution is -0.123. The minimum Gasteiger partial charge on any atom is -0.495 e. The van der Waals surface area contributed by atoms with Crippen molar-refractivity contribution >= 4 is 23.3 Å². The smallest absolute Gasteiger partial charge is 0.341 e. The number of carbonyl (C=O) groups is 2. The van der Waals surface area contributed by atoms with Gasteiger partial charge < -0.3 is 20.1 Å². The van der Waals surface area contributed by atoms with Gasteiger partial charge in [-0.3, -0.25) is 4.79 Å². The molecule has 0 aliphatic heterocycles. The first kappa shape index (κ1) is 17.3. The number of rotatable bonds is 6. The summed E-state index contributed by atoms with van der Waals surface area (Å²) in [5, 5.41) is 5.61. The predicted molar refractivity (Wildman–Crippen MR) is 92.5 cm³/mol. The van der Waals surface area contributed by atoms with Crippen LogP contribution in [-0.4, -0.2) is 32.1 Å². The van der Waals surface area contributed by atoms with Gasteiger partial charge in [0, 0.05) is 12.7 Å². The maximum Gasteiger partial charge on any atom is 0.341 e. The number of amides is 1. The van der Waals surface area contributed by atoms with Gasteiger partial charge >= 0.3 is 5.97 Å². The highest BCUT2D eigenvalue weighted by Crippen LogP contribution is 2.23. The minimum absolute atomic E-state index is 0.372. The van der Waals surface area contributed by atoms with Gasteiger partial charge in [-0.05, 0) is 31.2 Å². The fourth-order valence-corrected chi connectivity index (χ4v) is 2.14. The molecule has 2 aromatic rings. The molecule has 0 heterocycles. The molecule has 2 aromatic carbocycles. The van der Waals surface area contributed by atoms with E-state index in [9.17, 15) is 9.59 Å². The second kappa shape index (κ2) is 8.01. The quantitative estimate of drug-likeness (QED) is 0.797. The number of nitrogens with one attached hydrogen (secondary N) is 2. The number of esters is 1. The number of methoxy groups -OCH3 is 1. The van der Waals surface area contributed by atoms with Crippen LogP contribution in [-0.2, 0) is 9.53 Å². The number of benzene rings is 2. The van der Waals surface area contributed by atoms with Crippen LogP contribution in [0.2, 0.25) is 0 Å². The summed E-state index contributed by atoms with van der Waals surface area (Å²) in [6.45, 7) is 1.52. The Morgan fingerprint density at radius 1 is 1.00 bits per heavy atom. The molecular formula is C18H20N2O4. The number of para-hydroxylation sites is 3. The summed E-state index contributed by atoms with van der Waals surface area (Å²) in [6.07, 6.45) is -0.952. The van der Waals surface area contributed by atoms with Crippen LogP contribution in [0.5, 0.6) is 5.75 Å². The average molecular weight is 328 g/mol. The van der Waals surface area contributed by atoms with Gasteiger partial charge in [0.15, 0.2) is 6.10 Å². The number of hydrogen-bond acceptors (Lipinski definition) is 5. The van der Waals surface area contributed by atoms with Crippen molar-refractivity contribution < 1.29 is 19.1 Å². The lowest BCUT2D eigenvalue weighted by atomic mass is 10.2. The highest BCUT2D eigenvalue weighted by atomic mass is 16.5. The maximum absolute atomic E-state index is 12.2. The summed E-state index contributed by atoms with van der Waals surface area (Å²) in [5.41, 5.74) is 1.53. The summed E-state index contributed by atoms with van der Waals surface area (Å²) in [4.78, 5) is 24.5. The molecule has 0 unspecified atom stereocenters. The second-order valence-corrected chi connectivity index (χ2v) is 5.03. The van der Waals surface area contributed by atoms with E-state index in [2.05, 4.69) is 10.6 Å². The van der Waals surface area contributed by atoms with Crippen LogP contribution in [0.4, 0.5) is 11.4 Å². The Labute approximate surface area is 140 Å². The van der Waals surface area contributed by atoms with Crippen LogP contribution in [0.3, 0.4) is 0 Å². The topological polar surface area (TPSA) is 76.7 Å². The summed E-state index contributed by atoms with van der Waals surface area (Å²) >= 11 is 0. The van der Waals surface area contributed by atoms with E-state index < -0.39 is 18.0 Å². The van der Waals surface area contributed by atoms with Gasteiger partial charge in [0.2, 0.25) is 0 Å². The van der Waals surface area contributed by atoms with Gasteiger partial charge in [0.1, 0.15) is 5.75 Å². The molecule has 6 nitrogen and oxygen atoms in total. The van der Waals surface area contributed by atoms with Gasteiger partial charge in [-0.1, -0.05) is 24.3 Å². The zero-order chi connectivity index (χ0) is 17.5. The Morgan fingerprint density at radius 2 is 1.62 bits per heavy atom. The number of hydrogen-bond donors (Lipinski definition) is 2. The normalized spacial score (nSPS) is 11.3. The van der Waals surface area contributed by atoms with E-state index in [1.165, 1.54) is 14.0 Å². The fourth-order valence-electron chi connectivity index (χ4n) is 2.14. The SMILES string of the molecule is CNc1ccccc1C(=O)O[C@@H](C)C(=O)Nc1ccccc1OC. The zero-order valence-electron chi connectivity index (χ0n) is 13.8. The third kappa shape index (κ3) is 4.04. The Hall–Kier alpha value is -3.02. The van der Waals surface area contributed by atoms with E-state index in [1.807, 2.05) is 0 Å². The number of ether oxygens (including phenoxy) is 2. The van der Waals surface area contributed by atoms with Gasteiger partial charge in [0.25, 0.3) is 5.91 Å². The number of carbonyl (C=O) groups excluding carboxylic acids is 2. The first-order valence-electron chi connectivity index (χ1n) is 7.48. The summed E-state index contributed by atoms with van der Waals surface area (Å²) in [5.74, 6) is -0.470. The molecule has 0 radical (unpaired) electrons. The number of anilines is 2. The highest BCUT2D eigenvalue weighted by Gasteiger charge is 2.21. The molecule has 0 aliphatic carbocycles. The van der Waals surface area contributed by atoms with E-state index in [0.29, 0.717) is 22.7 Å². The van der Waals surface area contributed by atoms with Crippen molar-refractivity contribution in [2.45, 2.75) is 13.0 Å². The van der Waals surface area contributed by atoms with E-state index in [1.54, 1.807) is 55.6 Å². The van der Waals surface area contributed by atoms with Crippen LogP contribution in [0.15, 0.2) is 48.5 Å². The molecule has 24 heavy (non-hydrogen) atoms. The molecule has 126 valence electrons. The Morgan fingerprint density at radius 3 is 2.29 bits per heavy atom. The summed E-state index contributed by atoms with van der Waals surface area (Å²) in [6, 6.07) is 14.0. The van der Waals surface area contributed by atoms with Gasteiger partial charge in [-0.25, -0.2) is 4.79 Å². The van der Waals surface area contributed by atoms with E-state index in [-0.39, 0.29) is 0 Å². The molecule has 0 spiro atoms. The molecule has 0 aliphatic rings. The average Bonchev–Trinajstić information content (AvgIpc) is 2.61. The van der Waals surface area contributed by atoms with Crippen molar-refractivity contribution in [3.8, 4) is 5.75 Å². The van der Waals surface area contributed by atoms with Crippen molar-refractivity contribution in [2.24, 2.45) is 0 Å². The Bertz CT molecular complexity index is 730. The maximum atomic E-state index is 12.2. The first-order valence-corrected chi connectivity index (χ1v) is 7.48. The molecule has 2 rings (SSSR count). The minimum atomic E-state index is -0.952. The standard InChI is InChI=1S/C18H20N2O4/c1-12(17(21)20-15-10-6-7-11-16(15)23-3)24-18(22)13-8-4-5-9-14(13)19-2/h4-12,19H,1-3H3,(H,20,21)/t12-/m0/s1. The molecule has 0 saturated heterocycles. The fraction of sp³-hybridized carbons (Fsp3) is 0.222. The second-order valence-electron chi connectivity index (χ2n) is 5.03. The molecule has 0 aromatic heterocycles. The first-order chi connectivity index (χ1) is 11.6. The lowest BCUT2D eigenvalue weighted by Gasteiger charge is -2.16. The van der Waals surface area contributed by atoms with Gasteiger partial charge in [-0.15, -0.1) is 0 Å². The van der Waals surface area contributed by atoms with Crippen LogP contribution < -0.4 is 15.4 Å². The van der Waals surface area contributed by atoms with Crippen molar-refractivity contribution in [1.82, 2.24) is 0 Å². The van der Waals surface area contributed by atoms with Crippen molar-refractivity contribution in [1.29, 1.82) is 0 Å². The molecule has 6 heteroatoms. The van der Waals surface area contributed by atoms with Crippen LogP contribution in [0.25, 0.3) is 0 Å². The van der Waals surface area contributed by atoms with E-state index in [4.69, 9.17) is 9.47 Å². The van der Waals surface area contributed by atoms with Crippen LogP contribution >= 0.6 is 0 Å². The Balaban J connectivity index is 2.05. The van der Waals surface area contributed by atoms with Crippen molar-refractivity contribution in [3.05, 3.63) is 54.1 Å². The monoisotopic (exact) mass is 328 g/mol. The predicted octanol–water partition coefficient (Wildman–Crippen LogP) is 2.92. The molecule has 1 amide bonds. The van der Waals surface area contributed by atoms with E-state index in [0.717, 1.165) is 0 Å². The van der Waals surface area contributed by atoms with Crippen molar-refractivity contribution in [2.75, 3.05) is 24.8 Å². The molecule has 0 bridgehead atoms. The molecule has 1 atom stereocenters. The third-order valence-corrected chi connectivity index (χ3v) is 3.43. The largest absolute Gasteiger partial charge is 0.495 e.